The van der Waals surface area contributed by atoms with Gasteiger partial charge in [0.25, 0.3) is 0 Å². The summed E-state index contributed by atoms with van der Waals surface area (Å²) in [5.41, 5.74) is 0.891. The normalized spacial score (nSPS) is 10.5. The topological polar surface area (TPSA) is 74.7 Å². The van der Waals surface area contributed by atoms with Crippen LogP contribution in [0.1, 0.15) is 23.1 Å². The summed E-state index contributed by atoms with van der Waals surface area (Å²) in [5, 5.41) is 11.0. The van der Waals surface area contributed by atoms with E-state index in [1.807, 2.05) is 0 Å². The highest BCUT2D eigenvalue weighted by Crippen LogP contribution is 2.01. The number of esters is 1. The lowest BCUT2D eigenvalue weighted by Crippen LogP contribution is -2.04. The van der Waals surface area contributed by atoms with E-state index in [0.29, 0.717) is 18.0 Å². The number of oxime groups is 1. The van der Waals surface area contributed by atoms with E-state index in [0.717, 1.165) is 0 Å². The Morgan fingerprint density at radius 1 is 1.77 bits per heavy atom. The van der Waals surface area contributed by atoms with Crippen LogP contribution in [-0.4, -0.2) is 29.0 Å². The van der Waals surface area contributed by atoms with Crippen LogP contribution in [0.5, 0.6) is 0 Å². The number of hydrogen-bond acceptors (Lipinski definition) is 4. The molecule has 0 atom stereocenters. The first-order valence-corrected chi connectivity index (χ1v) is 3.81. The van der Waals surface area contributed by atoms with Gasteiger partial charge in [-0.3, -0.25) is 0 Å². The van der Waals surface area contributed by atoms with Gasteiger partial charge in [0, 0.05) is 0 Å². The third kappa shape index (κ3) is 2.33. The Morgan fingerprint density at radius 2 is 2.54 bits per heavy atom. The minimum Gasteiger partial charge on any atom is -0.461 e. The van der Waals surface area contributed by atoms with E-state index in [2.05, 4.69) is 10.1 Å². The first-order valence-electron chi connectivity index (χ1n) is 3.81. The maximum Gasteiger partial charge on any atom is 0.354 e. The lowest BCUT2D eigenvalue weighted by Gasteiger charge is -1.96. The monoisotopic (exact) mass is 182 g/mol. The second-order valence-corrected chi connectivity index (χ2v) is 2.29. The van der Waals surface area contributed by atoms with Crippen molar-refractivity contribution in [1.29, 1.82) is 0 Å². The molecule has 5 heteroatoms. The van der Waals surface area contributed by atoms with E-state index in [1.54, 1.807) is 19.1 Å². The Labute approximate surface area is 75.0 Å². The van der Waals surface area contributed by atoms with Crippen molar-refractivity contribution in [3.8, 4) is 0 Å². The van der Waals surface area contributed by atoms with Gasteiger partial charge in [0.2, 0.25) is 0 Å². The molecule has 0 unspecified atom stereocenters. The SMILES string of the molecule is CCOC(=O)c1ccc(/C=N/O)[nH]1. The highest BCUT2D eigenvalue weighted by molar-refractivity contribution is 5.89. The average molecular weight is 182 g/mol. The molecule has 2 N–H and O–H groups in total. The van der Waals surface area contributed by atoms with Crippen LogP contribution >= 0.6 is 0 Å². The van der Waals surface area contributed by atoms with Crippen LogP contribution < -0.4 is 0 Å². The van der Waals surface area contributed by atoms with E-state index in [9.17, 15) is 4.79 Å². The second-order valence-electron chi connectivity index (χ2n) is 2.29. The van der Waals surface area contributed by atoms with Crippen molar-refractivity contribution in [3.63, 3.8) is 0 Å². The molecule has 0 aliphatic heterocycles. The molecule has 0 aromatic carbocycles. The van der Waals surface area contributed by atoms with Gasteiger partial charge in [-0.15, -0.1) is 0 Å². The zero-order valence-electron chi connectivity index (χ0n) is 7.15. The van der Waals surface area contributed by atoms with Gasteiger partial charge in [-0.1, -0.05) is 5.16 Å². The summed E-state index contributed by atoms with van der Waals surface area (Å²) in [6, 6.07) is 3.18. The molecule has 0 saturated carbocycles. The summed E-state index contributed by atoms with van der Waals surface area (Å²) in [6.45, 7) is 2.07. The van der Waals surface area contributed by atoms with Crippen molar-refractivity contribution < 1.29 is 14.7 Å². The van der Waals surface area contributed by atoms with Crippen molar-refractivity contribution in [2.75, 3.05) is 6.61 Å². The number of carbonyl (C=O) groups is 1. The highest BCUT2D eigenvalue weighted by Gasteiger charge is 2.07. The molecule has 0 amide bonds. The Bertz CT molecular complexity index is 317. The molecule has 0 fully saturated rings. The van der Waals surface area contributed by atoms with Crippen LogP contribution in [0.2, 0.25) is 0 Å². The number of rotatable bonds is 3. The summed E-state index contributed by atoms with van der Waals surface area (Å²) in [5.74, 6) is -0.417. The number of carbonyl (C=O) groups excluding carboxylic acids is 1. The third-order valence-corrected chi connectivity index (χ3v) is 1.40. The zero-order chi connectivity index (χ0) is 9.68. The molecule has 70 valence electrons. The van der Waals surface area contributed by atoms with Crippen LogP contribution in [0, 0.1) is 0 Å². The molecule has 1 heterocycles. The van der Waals surface area contributed by atoms with Crippen molar-refractivity contribution in [2.24, 2.45) is 5.16 Å². The number of ether oxygens (including phenoxy) is 1. The maximum absolute atomic E-state index is 11.1. The number of aromatic nitrogens is 1. The molecule has 0 saturated heterocycles. The molecule has 1 aromatic rings. The number of H-pyrrole nitrogens is 1. The second kappa shape index (κ2) is 4.30. The summed E-state index contributed by atoms with van der Waals surface area (Å²) in [4.78, 5) is 13.8. The predicted molar refractivity (Wildman–Crippen MR) is 46.1 cm³/mol. The Kier molecular flexibility index (Phi) is 3.08. The summed E-state index contributed by atoms with van der Waals surface area (Å²) in [7, 11) is 0. The van der Waals surface area contributed by atoms with Gasteiger partial charge >= 0.3 is 5.97 Å². The summed E-state index contributed by atoms with van der Waals surface area (Å²) in [6.07, 6.45) is 1.20. The van der Waals surface area contributed by atoms with E-state index < -0.39 is 5.97 Å². The number of hydrogen-bond donors (Lipinski definition) is 2. The summed E-state index contributed by atoms with van der Waals surface area (Å²) < 4.78 is 4.74. The first kappa shape index (κ1) is 9.31. The van der Waals surface area contributed by atoms with E-state index in [1.165, 1.54) is 6.21 Å². The molecule has 0 spiro atoms. The molecule has 1 rings (SSSR count). The van der Waals surface area contributed by atoms with Crippen molar-refractivity contribution in [2.45, 2.75) is 6.92 Å². The van der Waals surface area contributed by atoms with Crippen LogP contribution in [-0.2, 0) is 4.74 Å². The van der Waals surface area contributed by atoms with Gasteiger partial charge in [0.15, 0.2) is 0 Å². The van der Waals surface area contributed by atoms with Crippen LogP contribution in [0.15, 0.2) is 17.3 Å². The quantitative estimate of drug-likeness (QED) is 0.317. The van der Waals surface area contributed by atoms with Gasteiger partial charge in [0.05, 0.1) is 18.5 Å². The molecule has 0 bridgehead atoms. The lowest BCUT2D eigenvalue weighted by molar-refractivity contribution is 0.0520. The third-order valence-electron chi connectivity index (χ3n) is 1.40. The van der Waals surface area contributed by atoms with Crippen molar-refractivity contribution in [3.05, 3.63) is 23.5 Å². The summed E-state index contributed by atoms with van der Waals surface area (Å²) >= 11 is 0. The van der Waals surface area contributed by atoms with Crippen LogP contribution in [0.3, 0.4) is 0 Å². The largest absolute Gasteiger partial charge is 0.461 e. The van der Waals surface area contributed by atoms with Crippen molar-refractivity contribution in [1.82, 2.24) is 4.98 Å². The standard InChI is InChI=1S/C8H10N2O3/c1-2-13-8(11)7-4-3-6(10-7)5-9-12/h3-5,10,12H,2H2,1H3/b9-5+. The van der Waals surface area contributed by atoms with Gasteiger partial charge in [-0.2, -0.15) is 0 Å². The number of nitrogens with one attached hydrogen (secondary N) is 1. The minimum atomic E-state index is -0.417. The molecule has 1 aromatic heterocycles. The van der Waals surface area contributed by atoms with Crippen LogP contribution in [0.25, 0.3) is 0 Å². The average Bonchev–Trinajstić information content (AvgIpc) is 2.54. The van der Waals surface area contributed by atoms with E-state index in [4.69, 9.17) is 9.94 Å². The molecule has 5 nitrogen and oxygen atoms in total. The first-order chi connectivity index (χ1) is 6.27. The minimum absolute atomic E-state index is 0.335. The molecular formula is C8H10N2O3. The zero-order valence-corrected chi connectivity index (χ0v) is 7.15. The fourth-order valence-corrected chi connectivity index (χ4v) is 0.877. The Morgan fingerprint density at radius 3 is 3.15 bits per heavy atom. The highest BCUT2D eigenvalue weighted by atomic mass is 16.5. The molecule has 13 heavy (non-hydrogen) atoms. The van der Waals surface area contributed by atoms with E-state index >= 15 is 0 Å². The number of nitrogens with zero attached hydrogens (tertiary/aromatic N) is 1. The smallest absolute Gasteiger partial charge is 0.354 e. The molecule has 0 radical (unpaired) electrons. The molecule has 0 aliphatic rings. The number of aromatic amines is 1. The van der Waals surface area contributed by atoms with Crippen LogP contribution in [0.4, 0.5) is 0 Å². The van der Waals surface area contributed by atoms with Gasteiger partial charge in [-0.05, 0) is 19.1 Å². The van der Waals surface area contributed by atoms with Gasteiger partial charge in [0.1, 0.15) is 5.69 Å². The maximum atomic E-state index is 11.1. The fraction of sp³-hybridized carbons (Fsp3) is 0.250. The lowest BCUT2D eigenvalue weighted by atomic mass is 10.4. The predicted octanol–water partition coefficient (Wildman–Crippen LogP) is 1.000. The van der Waals surface area contributed by atoms with Gasteiger partial charge < -0.3 is 14.9 Å². The van der Waals surface area contributed by atoms with E-state index in [-0.39, 0.29) is 0 Å². The fourth-order valence-electron chi connectivity index (χ4n) is 0.877. The van der Waals surface area contributed by atoms with Gasteiger partial charge in [-0.25, -0.2) is 4.79 Å². The Balaban J connectivity index is 2.73. The molecule has 0 aliphatic carbocycles. The Hall–Kier alpha value is -1.78. The van der Waals surface area contributed by atoms with Crippen molar-refractivity contribution >= 4 is 12.2 Å². The molecular weight excluding hydrogens is 172 g/mol.